The summed E-state index contributed by atoms with van der Waals surface area (Å²) in [6, 6.07) is 17.0. The highest BCUT2D eigenvalue weighted by Crippen LogP contribution is 2.18. The van der Waals surface area contributed by atoms with Gasteiger partial charge in [-0.2, -0.15) is 8.78 Å². The second-order valence-electron chi connectivity index (χ2n) is 5.70. The van der Waals surface area contributed by atoms with Gasteiger partial charge in [-0.3, -0.25) is 4.79 Å². The monoisotopic (exact) mass is 376 g/mol. The van der Waals surface area contributed by atoms with Gasteiger partial charge in [0, 0.05) is 6.42 Å². The summed E-state index contributed by atoms with van der Waals surface area (Å²) in [5.74, 6) is 0.953. The maximum Gasteiger partial charge on any atom is 0.305 e. The molecular weight excluding hydrogens is 354 g/mol. The van der Waals surface area contributed by atoms with Gasteiger partial charge >= 0.3 is 5.97 Å². The van der Waals surface area contributed by atoms with Gasteiger partial charge < -0.3 is 14.2 Å². The van der Waals surface area contributed by atoms with Gasteiger partial charge in [0.05, 0.1) is 0 Å². The summed E-state index contributed by atoms with van der Waals surface area (Å²) in [6.07, 6.45) is -0.331. The number of carbonyl (C=O) groups excluding carboxylic acids is 1. The van der Waals surface area contributed by atoms with Crippen molar-refractivity contribution in [3.05, 3.63) is 72.3 Å². The van der Waals surface area contributed by atoms with E-state index in [4.69, 9.17) is 14.2 Å². The van der Waals surface area contributed by atoms with E-state index in [9.17, 15) is 13.6 Å². The molecule has 0 aliphatic heterocycles. The minimum atomic E-state index is -1.73. The van der Waals surface area contributed by atoms with Crippen LogP contribution in [0.25, 0.3) is 0 Å². The maximum atomic E-state index is 11.8. The third kappa shape index (κ3) is 8.85. The molecule has 0 saturated carbocycles. The fraction of sp³-hybridized carbons (Fsp3) is 0.286. The van der Waals surface area contributed by atoms with Crippen LogP contribution in [0.15, 0.2) is 66.8 Å². The minimum absolute atomic E-state index is 0.108. The van der Waals surface area contributed by atoms with Gasteiger partial charge in [-0.25, -0.2) is 0 Å². The Labute approximate surface area is 157 Å². The van der Waals surface area contributed by atoms with Crippen molar-refractivity contribution in [2.24, 2.45) is 0 Å². The topological polar surface area (TPSA) is 44.8 Å². The highest BCUT2D eigenvalue weighted by atomic mass is 19.3. The number of carbonyl (C=O) groups is 1. The first kappa shape index (κ1) is 20.4. The maximum absolute atomic E-state index is 11.8. The second-order valence-corrected chi connectivity index (χ2v) is 5.70. The van der Waals surface area contributed by atoms with Crippen molar-refractivity contribution in [3.8, 4) is 11.5 Å². The summed E-state index contributed by atoms with van der Waals surface area (Å²) in [7, 11) is 0. The van der Waals surface area contributed by atoms with Crippen molar-refractivity contribution in [2.45, 2.75) is 25.9 Å². The highest BCUT2D eigenvalue weighted by Gasteiger charge is 2.03. The SMILES string of the molecule is O=C(CCCC=C(F)F)OCCOc1ccc(OCc2ccccc2)cc1. The molecule has 0 atom stereocenters. The molecule has 0 N–H and O–H groups in total. The summed E-state index contributed by atoms with van der Waals surface area (Å²) in [4.78, 5) is 11.4. The zero-order valence-corrected chi connectivity index (χ0v) is 14.9. The fourth-order valence-corrected chi connectivity index (χ4v) is 2.22. The number of unbranched alkanes of at least 4 members (excludes halogenated alkanes) is 1. The predicted molar refractivity (Wildman–Crippen MR) is 97.8 cm³/mol. The van der Waals surface area contributed by atoms with Crippen LogP contribution in [0.2, 0.25) is 0 Å². The van der Waals surface area contributed by atoms with Crippen LogP contribution < -0.4 is 9.47 Å². The summed E-state index contributed by atoms with van der Waals surface area (Å²) in [5.41, 5.74) is 1.09. The van der Waals surface area contributed by atoms with Crippen LogP contribution >= 0.6 is 0 Å². The molecule has 0 spiro atoms. The molecule has 0 amide bonds. The number of benzene rings is 2. The second kappa shape index (κ2) is 11.7. The molecule has 0 aliphatic carbocycles. The fourth-order valence-electron chi connectivity index (χ4n) is 2.22. The van der Waals surface area contributed by atoms with Crippen LogP contribution in [0.1, 0.15) is 24.8 Å². The lowest BCUT2D eigenvalue weighted by Gasteiger charge is -2.09. The van der Waals surface area contributed by atoms with E-state index in [1.165, 1.54) is 0 Å². The first-order valence-electron chi connectivity index (χ1n) is 8.70. The molecule has 4 nitrogen and oxygen atoms in total. The van der Waals surface area contributed by atoms with Gasteiger partial charge in [-0.1, -0.05) is 30.3 Å². The highest BCUT2D eigenvalue weighted by molar-refractivity contribution is 5.69. The summed E-state index contributed by atoms with van der Waals surface area (Å²) >= 11 is 0. The molecule has 0 radical (unpaired) electrons. The number of halogens is 2. The Kier molecular flexibility index (Phi) is 8.83. The van der Waals surface area contributed by atoms with Crippen LogP contribution in [0, 0.1) is 0 Å². The Balaban J connectivity index is 1.59. The van der Waals surface area contributed by atoms with E-state index < -0.39 is 12.0 Å². The van der Waals surface area contributed by atoms with Gasteiger partial charge in [0.25, 0.3) is 6.08 Å². The molecule has 27 heavy (non-hydrogen) atoms. The standard InChI is InChI=1S/C21H22F2O4/c22-20(23)8-4-5-9-21(24)26-15-14-25-18-10-12-19(13-11-18)27-16-17-6-2-1-3-7-17/h1-3,6-8,10-13H,4-5,9,14-16H2. The van der Waals surface area contributed by atoms with E-state index in [-0.39, 0.29) is 26.1 Å². The Morgan fingerprint density at radius 2 is 1.56 bits per heavy atom. The zero-order chi connectivity index (χ0) is 19.3. The van der Waals surface area contributed by atoms with E-state index in [0.717, 1.165) is 17.4 Å². The largest absolute Gasteiger partial charge is 0.490 e. The number of rotatable bonds is 11. The first-order valence-corrected chi connectivity index (χ1v) is 8.70. The third-order valence-electron chi connectivity index (χ3n) is 3.57. The van der Waals surface area contributed by atoms with Crippen molar-refractivity contribution in [2.75, 3.05) is 13.2 Å². The molecule has 2 aromatic rings. The molecule has 144 valence electrons. The summed E-state index contributed by atoms with van der Waals surface area (Å²) in [5, 5.41) is 0. The molecule has 6 heteroatoms. The quantitative estimate of drug-likeness (QED) is 0.402. The van der Waals surface area contributed by atoms with Crippen LogP contribution in [0.3, 0.4) is 0 Å². The number of ether oxygens (including phenoxy) is 3. The van der Waals surface area contributed by atoms with E-state index in [0.29, 0.717) is 18.8 Å². The van der Waals surface area contributed by atoms with Crippen LogP contribution in [0.5, 0.6) is 11.5 Å². The Hall–Kier alpha value is -2.89. The normalized spacial score (nSPS) is 10.1. The Bertz CT molecular complexity index is 711. The molecule has 0 aliphatic rings. The number of hydrogen-bond acceptors (Lipinski definition) is 4. The molecule has 0 saturated heterocycles. The number of allylic oxidation sites excluding steroid dienone is 1. The van der Waals surface area contributed by atoms with Crippen molar-refractivity contribution < 1.29 is 27.8 Å². The average Bonchev–Trinajstić information content (AvgIpc) is 2.68. The van der Waals surface area contributed by atoms with Gasteiger partial charge in [0.2, 0.25) is 0 Å². The molecule has 0 aromatic heterocycles. The van der Waals surface area contributed by atoms with Crippen LogP contribution in [-0.2, 0) is 16.1 Å². The molecule has 0 bridgehead atoms. The van der Waals surface area contributed by atoms with Crippen molar-refractivity contribution in [3.63, 3.8) is 0 Å². The average molecular weight is 376 g/mol. The smallest absolute Gasteiger partial charge is 0.305 e. The molecule has 0 fully saturated rings. The van der Waals surface area contributed by atoms with Crippen LogP contribution in [-0.4, -0.2) is 19.2 Å². The lowest BCUT2D eigenvalue weighted by Crippen LogP contribution is -2.11. The number of esters is 1. The lowest BCUT2D eigenvalue weighted by atomic mass is 10.2. The molecule has 0 heterocycles. The van der Waals surface area contributed by atoms with Crippen molar-refractivity contribution in [1.82, 2.24) is 0 Å². The zero-order valence-electron chi connectivity index (χ0n) is 14.9. The predicted octanol–water partition coefficient (Wildman–Crippen LogP) is 5.14. The van der Waals surface area contributed by atoms with Crippen molar-refractivity contribution in [1.29, 1.82) is 0 Å². The van der Waals surface area contributed by atoms with E-state index in [1.807, 2.05) is 42.5 Å². The van der Waals surface area contributed by atoms with Crippen LogP contribution in [0.4, 0.5) is 8.78 Å². The number of hydrogen-bond donors (Lipinski definition) is 0. The molecule has 0 unspecified atom stereocenters. The van der Waals surface area contributed by atoms with E-state index in [2.05, 4.69) is 0 Å². The first-order chi connectivity index (χ1) is 13.1. The van der Waals surface area contributed by atoms with Crippen molar-refractivity contribution >= 4 is 5.97 Å². The summed E-state index contributed by atoms with van der Waals surface area (Å²) < 4.78 is 39.8. The summed E-state index contributed by atoms with van der Waals surface area (Å²) in [6.45, 7) is 0.818. The van der Waals surface area contributed by atoms with Gasteiger partial charge in [-0.05, 0) is 48.7 Å². The van der Waals surface area contributed by atoms with E-state index in [1.54, 1.807) is 12.1 Å². The third-order valence-corrected chi connectivity index (χ3v) is 3.57. The lowest BCUT2D eigenvalue weighted by molar-refractivity contribution is -0.144. The van der Waals surface area contributed by atoms with Gasteiger partial charge in [0.1, 0.15) is 31.3 Å². The molecular formula is C21H22F2O4. The van der Waals surface area contributed by atoms with E-state index >= 15 is 0 Å². The Morgan fingerprint density at radius 3 is 2.22 bits per heavy atom. The minimum Gasteiger partial charge on any atom is -0.490 e. The van der Waals surface area contributed by atoms with Gasteiger partial charge in [-0.15, -0.1) is 0 Å². The molecule has 2 aromatic carbocycles. The molecule has 2 rings (SSSR count). The van der Waals surface area contributed by atoms with Gasteiger partial charge in [0.15, 0.2) is 0 Å². The Morgan fingerprint density at radius 1 is 0.889 bits per heavy atom.